The van der Waals surface area contributed by atoms with Crippen LogP contribution in [0.1, 0.15) is 0 Å². The fourth-order valence-electron chi connectivity index (χ4n) is 3.21. The van der Waals surface area contributed by atoms with Gasteiger partial charge in [-0.05, 0) is 36.4 Å². The number of non-ortho nitro benzene ring substituents is 1. The van der Waals surface area contributed by atoms with Crippen molar-refractivity contribution in [2.24, 2.45) is 0 Å². The molecule has 0 unspecified atom stereocenters. The van der Waals surface area contributed by atoms with Gasteiger partial charge in [0.2, 0.25) is 0 Å². The number of hydrazine groups is 1. The summed E-state index contributed by atoms with van der Waals surface area (Å²) in [6, 6.07) is 9.26. The third-order valence-electron chi connectivity index (χ3n) is 4.65. The Hall–Kier alpha value is -4.48. The number of nitrogens with zero attached hydrogens (tertiary/aromatic N) is 5. The van der Waals surface area contributed by atoms with Gasteiger partial charge in [0.1, 0.15) is 13.1 Å². The summed E-state index contributed by atoms with van der Waals surface area (Å²) < 4.78 is 0. The van der Waals surface area contributed by atoms with E-state index >= 15 is 0 Å². The van der Waals surface area contributed by atoms with Crippen LogP contribution in [0.5, 0.6) is 0 Å². The van der Waals surface area contributed by atoms with Crippen molar-refractivity contribution in [1.82, 2.24) is 10.0 Å². The maximum Gasteiger partial charge on any atom is 0.350 e. The summed E-state index contributed by atoms with van der Waals surface area (Å²) in [4.78, 5) is 62.3. The van der Waals surface area contributed by atoms with Gasteiger partial charge in [-0.1, -0.05) is 0 Å². The van der Waals surface area contributed by atoms with Crippen LogP contribution in [0.15, 0.2) is 48.5 Å². The molecule has 12 nitrogen and oxygen atoms in total. The quantitative estimate of drug-likeness (QED) is 0.346. The monoisotopic (exact) mass is 410 g/mol. The zero-order valence-electron chi connectivity index (χ0n) is 15.3. The third-order valence-corrected chi connectivity index (χ3v) is 4.65. The molecule has 0 aromatic heterocycles. The molecule has 2 fully saturated rings. The Morgan fingerprint density at radius 3 is 1.53 bits per heavy atom. The zero-order valence-corrected chi connectivity index (χ0v) is 15.3. The fraction of sp³-hybridized carbons (Fsp3) is 0.111. The molecule has 2 aliphatic rings. The van der Waals surface area contributed by atoms with Crippen molar-refractivity contribution in [2.45, 2.75) is 0 Å². The number of benzene rings is 2. The number of rotatable bonds is 4. The van der Waals surface area contributed by atoms with Crippen LogP contribution in [0.25, 0.3) is 0 Å². The molecule has 0 aliphatic carbocycles. The molecular formula is C18H14N6O6. The number of carbonyl (C=O) groups excluding carboxylic acids is 4. The molecule has 4 rings (SSSR count). The van der Waals surface area contributed by atoms with Gasteiger partial charge >= 0.3 is 12.1 Å². The van der Waals surface area contributed by atoms with Gasteiger partial charge in [0, 0.05) is 17.8 Å². The molecule has 6 amide bonds. The van der Waals surface area contributed by atoms with Crippen LogP contribution in [-0.4, -0.2) is 51.9 Å². The predicted molar refractivity (Wildman–Crippen MR) is 103 cm³/mol. The number of nitrogen functional groups attached to an aromatic ring is 1. The number of nitrogens with two attached hydrogens (primary N) is 1. The highest BCUT2D eigenvalue weighted by Crippen LogP contribution is 2.28. The van der Waals surface area contributed by atoms with Crippen LogP contribution in [0.4, 0.5) is 32.3 Å². The standard InChI is InChI=1S/C18H14N6O6/c19-11-1-3-12(4-2-11)22-15(25)9-20(17(22)27)21-10-16(26)23(18(21)28)13-5-7-14(8-6-13)24(29)30/h1-8H,9-10,19H2. The molecule has 0 spiro atoms. The fourth-order valence-corrected chi connectivity index (χ4v) is 3.21. The zero-order chi connectivity index (χ0) is 21.6. The predicted octanol–water partition coefficient (Wildman–Crippen LogP) is 1.33. The lowest BCUT2D eigenvalue weighted by molar-refractivity contribution is -0.384. The van der Waals surface area contributed by atoms with E-state index in [1.165, 1.54) is 36.4 Å². The van der Waals surface area contributed by atoms with Gasteiger partial charge in [-0.25, -0.2) is 29.4 Å². The number of carbonyl (C=O) groups is 4. The molecule has 0 atom stereocenters. The molecule has 0 bridgehead atoms. The number of imide groups is 2. The maximum atomic E-state index is 12.8. The summed E-state index contributed by atoms with van der Waals surface area (Å²) in [5.74, 6) is -1.21. The van der Waals surface area contributed by atoms with Crippen molar-refractivity contribution in [3.05, 3.63) is 58.6 Å². The summed E-state index contributed by atoms with van der Waals surface area (Å²) in [5.41, 5.74) is 6.27. The molecule has 2 N–H and O–H groups in total. The van der Waals surface area contributed by atoms with Crippen molar-refractivity contribution in [2.75, 3.05) is 28.6 Å². The molecule has 0 saturated carbocycles. The van der Waals surface area contributed by atoms with E-state index in [0.717, 1.165) is 32.0 Å². The van der Waals surface area contributed by atoms with E-state index in [2.05, 4.69) is 0 Å². The van der Waals surface area contributed by atoms with Crippen molar-refractivity contribution in [3.63, 3.8) is 0 Å². The van der Waals surface area contributed by atoms with Gasteiger partial charge in [0.25, 0.3) is 17.5 Å². The highest BCUT2D eigenvalue weighted by atomic mass is 16.6. The van der Waals surface area contributed by atoms with E-state index in [1.807, 2.05) is 0 Å². The summed E-state index contributed by atoms with van der Waals surface area (Å²) in [6.07, 6.45) is 0. The maximum absolute atomic E-state index is 12.8. The normalized spacial score (nSPS) is 16.8. The van der Waals surface area contributed by atoms with Crippen LogP contribution in [0.2, 0.25) is 0 Å². The Balaban J connectivity index is 1.58. The second-order valence-electron chi connectivity index (χ2n) is 6.50. The minimum atomic E-state index is -0.839. The topological polar surface area (TPSA) is 150 Å². The smallest absolute Gasteiger partial charge is 0.350 e. The molecule has 2 heterocycles. The third kappa shape index (κ3) is 2.96. The molecule has 2 saturated heterocycles. The van der Waals surface area contributed by atoms with Crippen LogP contribution in [-0.2, 0) is 9.59 Å². The summed E-state index contributed by atoms with van der Waals surface area (Å²) in [7, 11) is 0. The van der Waals surface area contributed by atoms with Crippen molar-refractivity contribution >= 4 is 46.6 Å². The van der Waals surface area contributed by atoms with Gasteiger partial charge in [-0.3, -0.25) is 19.7 Å². The average Bonchev–Trinajstić information content (AvgIpc) is 3.17. The number of anilines is 3. The number of nitro groups is 1. The van der Waals surface area contributed by atoms with Crippen LogP contribution < -0.4 is 15.5 Å². The van der Waals surface area contributed by atoms with Crippen molar-refractivity contribution in [3.8, 4) is 0 Å². The van der Waals surface area contributed by atoms with Gasteiger partial charge in [-0.2, -0.15) is 0 Å². The van der Waals surface area contributed by atoms with E-state index in [0.29, 0.717) is 5.69 Å². The van der Waals surface area contributed by atoms with E-state index < -0.39 is 41.9 Å². The number of urea groups is 2. The van der Waals surface area contributed by atoms with Gasteiger partial charge in [-0.15, -0.1) is 0 Å². The van der Waals surface area contributed by atoms with Crippen molar-refractivity contribution in [1.29, 1.82) is 0 Å². The summed E-state index contributed by atoms with van der Waals surface area (Å²) in [6.45, 7) is -0.874. The second-order valence-corrected chi connectivity index (χ2v) is 6.50. The van der Waals surface area contributed by atoms with E-state index in [9.17, 15) is 29.3 Å². The van der Waals surface area contributed by atoms with E-state index in [-0.39, 0.29) is 17.1 Å². The Kier molecular flexibility index (Phi) is 4.30. The van der Waals surface area contributed by atoms with Crippen LogP contribution >= 0.6 is 0 Å². The Labute approximate surface area is 168 Å². The molecule has 152 valence electrons. The van der Waals surface area contributed by atoms with Gasteiger partial charge in [0.05, 0.1) is 16.3 Å². The summed E-state index contributed by atoms with van der Waals surface area (Å²) >= 11 is 0. The minimum absolute atomic E-state index is 0.117. The Morgan fingerprint density at radius 1 is 0.733 bits per heavy atom. The average molecular weight is 410 g/mol. The first-order valence-corrected chi connectivity index (χ1v) is 8.67. The first-order chi connectivity index (χ1) is 14.3. The first kappa shape index (κ1) is 18.9. The second kappa shape index (κ2) is 6.84. The SMILES string of the molecule is Nc1ccc(N2C(=O)CN(N3CC(=O)N(c4ccc([N+](=O)[O-])cc4)C3=O)C2=O)cc1. The molecule has 2 aromatic carbocycles. The van der Waals surface area contributed by atoms with E-state index in [1.54, 1.807) is 0 Å². The molecule has 0 radical (unpaired) electrons. The highest BCUT2D eigenvalue weighted by Gasteiger charge is 2.48. The lowest BCUT2D eigenvalue weighted by Gasteiger charge is -2.25. The number of nitro benzene ring substituents is 1. The lowest BCUT2D eigenvalue weighted by atomic mass is 10.2. The number of hydrogen-bond acceptors (Lipinski definition) is 7. The summed E-state index contributed by atoms with van der Waals surface area (Å²) in [5, 5.41) is 12.6. The van der Waals surface area contributed by atoms with Gasteiger partial charge < -0.3 is 5.73 Å². The largest absolute Gasteiger partial charge is 0.399 e. The Bertz CT molecular complexity index is 1080. The van der Waals surface area contributed by atoms with Crippen LogP contribution in [0.3, 0.4) is 0 Å². The minimum Gasteiger partial charge on any atom is -0.399 e. The van der Waals surface area contributed by atoms with Crippen molar-refractivity contribution < 1.29 is 24.1 Å². The number of hydrogen-bond donors (Lipinski definition) is 1. The van der Waals surface area contributed by atoms with Crippen LogP contribution in [0, 0.1) is 10.1 Å². The first-order valence-electron chi connectivity index (χ1n) is 8.67. The molecular weight excluding hydrogens is 396 g/mol. The molecule has 12 heteroatoms. The highest BCUT2D eigenvalue weighted by molar-refractivity contribution is 6.23. The van der Waals surface area contributed by atoms with E-state index in [4.69, 9.17) is 5.73 Å². The Morgan fingerprint density at radius 2 is 1.13 bits per heavy atom. The molecule has 30 heavy (non-hydrogen) atoms. The molecule has 2 aromatic rings. The molecule has 2 aliphatic heterocycles. The van der Waals surface area contributed by atoms with Gasteiger partial charge in [0.15, 0.2) is 0 Å². The number of amides is 6. The lowest BCUT2D eigenvalue weighted by Crippen LogP contribution is -2.47.